The van der Waals surface area contributed by atoms with Gasteiger partial charge in [0.05, 0.1) is 13.1 Å². The van der Waals surface area contributed by atoms with Gasteiger partial charge in [0.1, 0.15) is 0 Å². The van der Waals surface area contributed by atoms with Gasteiger partial charge in [-0.2, -0.15) is 0 Å². The van der Waals surface area contributed by atoms with Crippen LogP contribution in [0.15, 0.2) is 24.3 Å². The largest absolute Gasteiger partial charge is 0.325 e. The van der Waals surface area contributed by atoms with Crippen LogP contribution >= 0.6 is 12.4 Å². The summed E-state index contributed by atoms with van der Waals surface area (Å²) in [6.45, 7) is 2.72. The van der Waals surface area contributed by atoms with Gasteiger partial charge in [0.2, 0.25) is 11.8 Å². The first-order valence-electron chi connectivity index (χ1n) is 8.74. The predicted octanol–water partition coefficient (Wildman–Crippen LogP) is 2.47. The summed E-state index contributed by atoms with van der Waals surface area (Å²) in [6.07, 6.45) is 6.19. The van der Waals surface area contributed by atoms with E-state index in [1.54, 1.807) is 31.3 Å². The van der Waals surface area contributed by atoms with E-state index in [1.165, 1.54) is 32.1 Å². The Morgan fingerprint density at radius 1 is 0.880 bits per heavy atom. The van der Waals surface area contributed by atoms with Crippen molar-refractivity contribution in [2.75, 3.05) is 43.9 Å². The van der Waals surface area contributed by atoms with Crippen LogP contribution in [-0.4, -0.2) is 49.9 Å². The van der Waals surface area contributed by atoms with Crippen LogP contribution in [0.5, 0.6) is 0 Å². The van der Waals surface area contributed by atoms with Crippen LogP contribution in [-0.2, 0) is 9.59 Å². The van der Waals surface area contributed by atoms with E-state index in [4.69, 9.17) is 0 Å². The molecule has 0 atom stereocenters. The molecule has 3 N–H and O–H groups in total. The number of benzene rings is 1. The summed E-state index contributed by atoms with van der Waals surface area (Å²) in [5, 5.41) is 8.50. The van der Waals surface area contributed by atoms with Crippen LogP contribution < -0.4 is 16.0 Å². The topological polar surface area (TPSA) is 73.5 Å². The van der Waals surface area contributed by atoms with Gasteiger partial charge in [0.15, 0.2) is 0 Å². The summed E-state index contributed by atoms with van der Waals surface area (Å²) in [5.41, 5.74) is 1.47. The van der Waals surface area contributed by atoms with Crippen LogP contribution in [0, 0.1) is 0 Å². The maximum Gasteiger partial charge on any atom is 0.238 e. The average molecular weight is 369 g/mol. The summed E-state index contributed by atoms with van der Waals surface area (Å²) in [7, 11) is 1.73. The van der Waals surface area contributed by atoms with Crippen molar-refractivity contribution in [2.24, 2.45) is 0 Å². The molecule has 0 aromatic heterocycles. The number of carbonyl (C=O) groups is 2. The highest BCUT2D eigenvalue weighted by molar-refractivity contribution is 5.94. The second kappa shape index (κ2) is 11.8. The number of likely N-dealkylation sites (N-methyl/N-ethyl adjacent to an activating group) is 1. The maximum atomic E-state index is 12.2. The fourth-order valence-corrected chi connectivity index (χ4v) is 2.88. The number of hydrogen-bond donors (Lipinski definition) is 3. The van der Waals surface area contributed by atoms with Gasteiger partial charge in [-0.1, -0.05) is 19.3 Å². The zero-order valence-corrected chi connectivity index (χ0v) is 15.7. The molecule has 1 fully saturated rings. The van der Waals surface area contributed by atoms with E-state index >= 15 is 0 Å². The Morgan fingerprint density at radius 3 is 1.88 bits per heavy atom. The lowest BCUT2D eigenvalue weighted by Gasteiger charge is -2.23. The summed E-state index contributed by atoms with van der Waals surface area (Å²) in [4.78, 5) is 25.9. The number of rotatable bonds is 6. The van der Waals surface area contributed by atoms with Gasteiger partial charge in [0, 0.05) is 11.4 Å². The van der Waals surface area contributed by atoms with Crippen molar-refractivity contribution in [3.05, 3.63) is 24.3 Å². The van der Waals surface area contributed by atoms with Crippen molar-refractivity contribution in [1.82, 2.24) is 10.2 Å². The van der Waals surface area contributed by atoms with Crippen molar-refractivity contribution in [3.63, 3.8) is 0 Å². The molecule has 0 saturated carbocycles. The molecule has 1 aromatic rings. The lowest BCUT2D eigenvalue weighted by molar-refractivity contribution is -0.117. The SMILES string of the molecule is CNCC(=O)Nc1ccc(NC(=O)CN2CCCCCCC2)cc1.Cl. The van der Waals surface area contributed by atoms with Crippen molar-refractivity contribution in [1.29, 1.82) is 0 Å². The second-order valence-corrected chi connectivity index (χ2v) is 6.25. The highest BCUT2D eigenvalue weighted by Gasteiger charge is 2.12. The van der Waals surface area contributed by atoms with Gasteiger partial charge < -0.3 is 16.0 Å². The number of likely N-dealkylation sites (tertiary alicyclic amines) is 1. The van der Waals surface area contributed by atoms with E-state index in [1.807, 2.05) is 0 Å². The van der Waals surface area contributed by atoms with E-state index in [2.05, 4.69) is 20.9 Å². The third-order valence-electron chi connectivity index (χ3n) is 4.11. The fourth-order valence-electron chi connectivity index (χ4n) is 2.88. The third kappa shape index (κ3) is 8.34. The van der Waals surface area contributed by atoms with E-state index < -0.39 is 0 Å². The first kappa shape index (κ1) is 21.4. The predicted molar refractivity (Wildman–Crippen MR) is 104 cm³/mol. The minimum Gasteiger partial charge on any atom is -0.325 e. The smallest absolute Gasteiger partial charge is 0.238 e. The molecular formula is C18H29ClN4O2. The molecular weight excluding hydrogens is 340 g/mol. The molecule has 0 aliphatic carbocycles. The molecule has 7 heteroatoms. The average Bonchev–Trinajstić information content (AvgIpc) is 2.52. The highest BCUT2D eigenvalue weighted by Crippen LogP contribution is 2.14. The molecule has 0 bridgehead atoms. The standard InChI is InChI=1S/C18H28N4O2.ClH/c1-19-13-17(23)20-15-7-9-16(10-8-15)21-18(24)14-22-11-5-3-2-4-6-12-22;/h7-10,19H,2-6,11-14H2,1H3,(H,20,23)(H,21,24);1H. The van der Waals surface area contributed by atoms with E-state index in [0.717, 1.165) is 24.5 Å². The molecule has 1 aliphatic heterocycles. The van der Waals surface area contributed by atoms with Gasteiger partial charge in [-0.15, -0.1) is 12.4 Å². The van der Waals surface area contributed by atoms with Crippen LogP contribution in [0.2, 0.25) is 0 Å². The highest BCUT2D eigenvalue weighted by atomic mass is 35.5. The monoisotopic (exact) mass is 368 g/mol. The molecule has 25 heavy (non-hydrogen) atoms. The Morgan fingerprint density at radius 2 is 1.36 bits per heavy atom. The molecule has 2 rings (SSSR count). The number of hydrogen-bond acceptors (Lipinski definition) is 4. The molecule has 1 aromatic carbocycles. The number of nitrogens with zero attached hydrogens (tertiary/aromatic N) is 1. The lowest BCUT2D eigenvalue weighted by atomic mass is 10.1. The number of nitrogens with one attached hydrogen (secondary N) is 3. The lowest BCUT2D eigenvalue weighted by Crippen LogP contribution is -2.35. The Kier molecular flexibility index (Phi) is 10.1. The number of amides is 2. The van der Waals surface area contributed by atoms with Crippen molar-refractivity contribution in [3.8, 4) is 0 Å². The number of carbonyl (C=O) groups excluding carboxylic acids is 2. The molecule has 6 nitrogen and oxygen atoms in total. The summed E-state index contributed by atoms with van der Waals surface area (Å²) >= 11 is 0. The first-order valence-corrected chi connectivity index (χ1v) is 8.74. The van der Waals surface area contributed by atoms with Crippen LogP contribution in [0.3, 0.4) is 0 Å². The number of halogens is 1. The maximum absolute atomic E-state index is 12.2. The van der Waals surface area contributed by atoms with Gasteiger partial charge in [0.25, 0.3) is 0 Å². The minimum absolute atomic E-state index is 0. The van der Waals surface area contributed by atoms with Crippen LogP contribution in [0.4, 0.5) is 11.4 Å². The zero-order chi connectivity index (χ0) is 17.2. The molecule has 0 radical (unpaired) electrons. The van der Waals surface area contributed by atoms with Crippen molar-refractivity contribution in [2.45, 2.75) is 32.1 Å². The van der Waals surface area contributed by atoms with Gasteiger partial charge in [-0.05, 0) is 57.2 Å². The Labute approximate surface area is 156 Å². The molecule has 1 aliphatic rings. The quantitative estimate of drug-likeness (QED) is 0.721. The molecule has 1 heterocycles. The zero-order valence-electron chi connectivity index (χ0n) is 14.8. The summed E-state index contributed by atoms with van der Waals surface area (Å²) < 4.78 is 0. The van der Waals surface area contributed by atoms with E-state index in [9.17, 15) is 9.59 Å². The van der Waals surface area contributed by atoms with E-state index in [0.29, 0.717) is 6.54 Å². The Balaban J connectivity index is 0.00000312. The number of anilines is 2. The first-order chi connectivity index (χ1) is 11.7. The summed E-state index contributed by atoms with van der Waals surface area (Å²) in [6, 6.07) is 7.19. The Hall–Kier alpha value is -1.63. The molecule has 2 amide bonds. The normalized spacial score (nSPS) is 15.4. The van der Waals surface area contributed by atoms with Gasteiger partial charge in [-0.25, -0.2) is 0 Å². The van der Waals surface area contributed by atoms with Crippen LogP contribution in [0.25, 0.3) is 0 Å². The van der Waals surface area contributed by atoms with Gasteiger partial charge in [-0.3, -0.25) is 14.5 Å². The van der Waals surface area contributed by atoms with Crippen LogP contribution in [0.1, 0.15) is 32.1 Å². The second-order valence-electron chi connectivity index (χ2n) is 6.25. The third-order valence-corrected chi connectivity index (χ3v) is 4.11. The van der Waals surface area contributed by atoms with Crippen molar-refractivity contribution >= 4 is 35.6 Å². The molecule has 0 unspecified atom stereocenters. The summed E-state index contributed by atoms with van der Waals surface area (Å²) in [5.74, 6) is -0.0751. The fraction of sp³-hybridized carbons (Fsp3) is 0.556. The molecule has 1 saturated heterocycles. The molecule has 0 spiro atoms. The minimum atomic E-state index is -0.0913. The molecule has 140 valence electrons. The van der Waals surface area contributed by atoms with E-state index in [-0.39, 0.29) is 30.8 Å². The van der Waals surface area contributed by atoms with Crippen molar-refractivity contribution < 1.29 is 9.59 Å². The Bertz CT molecular complexity index is 528. The van der Waals surface area contributed by atoms with Gasteiger partial charge >= 0.3 is 0 Å².